The van der Waals surface area contributed by atoms with Crippen LogP contribution in [0.3, 0.4) is 0 Å². The highest BCUT2D eigenvalue weighted by Gasteiger charge is 2.40. The van der Waals surface area contributed by atoms with Crippen molar-refractivity contribution in [2.45, 2.75) is 36.6 Å². The van der Waals surface area contributed by atoms with E-state index in [-0.39, 0.29) is 53.9 Å². The summed E-state index contributed by atoms with van der Waals surface area (Å²) in [6.45, 7) is 0.581. The van der Waals surface area contributed by atoms with E-state index in [1.54, 1.807) is 47.4 Å². The first kappa shape index (κ1) is 32.6. The van der Waals surface area contributed by atoms with E-state index in [9.17, 15) is 18.0 Å². The molecule has 0 aromatic heterocycles. The van der Waals surface area contributed by atoms with Crippen molar-refractivity contribution in [2.24, 2.45) is 11.7 Å². The Morgan fingerprint density at radius 2 is 1.71 bits per heavy atom. The SMILES string of the molecule is COC(=O)C[C@@H]1C[C@@H](COc2ccc(-c3ccc(C(=N)N)cc3)cc2S(C)(=O)=O)N(CCCc2ccccc2)C1=O.Cl. The van der Waals surface area contributed by atoms with E-state index in [1.165, 1.54) is 12.7 Å². The average Bonchev–Trinajstić information content (AvgIpc) is 3.25. The lowest BCUT2D eigenvalue weighted by atomic mass is 10.0. The molecule has 1 heterocycles. The highest BCUT2D eigenvalue weighted by atomic mass is 35.5. The van der Waals surface area contributed by atoms with Crippen LogP contribution < -0.4 is 10.5 Å². The van der Waals surface area contributed by atoms with E-state index in [0.717, 1.165) is 24.7 Å². The Morgan fingerprint density at radius 3 is 2.33 bits per heavy atom. The maximum absolute atomic E-state index is 13.3. The molecule has 4 rings (SSSR count). The van der Waals surface area contributed by atoms with Gasteiger partial charge in [0.2, 0.25) is 5.91 Å². The number of aryl methyl sites for hydroxylation is 1. The molecular weight excluding hydrogens is 578 g/mol. The molecule has 0 spiro atoms. The molecule has 42 heavy (non-hydrogen) atoms. The van der Waals surface area contributed by atoms with Crippen molar-refractivity contribution in [3.8, 4) is 16.9 Å². The zero-order valence-corrected chi connectivity index (χ0v) is 25.2. The van der Waals surface area contributed by atoms with Crippen LogP contribution in [-0.2, 0) is 30.6 Å². The standard InChI is InChI=1S/C31H35N3O6S.ClH/c1-39-29(35)19-25-17-26(34(31(25)36)16-6-9-21-7-4-3-5-8-21)20-40-27-15-14-24(18-28(27)41(2,37)38)22-10-12-23(13-11-22)30(32)33;/h3-5,7-8,10-15,18,25-26H,6,9,16-17,19-20H2,1-2H3,(H3,32,33);1H/t25-,26-;/m0./s1. The number of likely N-dealkylation sites (tertiary alicyclic amines) is 1. The van der Waals surface area contributed by atoms with E-state index < -0.39 is 21.7 Å². The first-order chi connectivity index (χ1) is 19.6. The normalized spacial score (nSPS) is 16.5. The average molecular weight is 614 g/mol. The second-order valence-corrected chi connectivity index (χ2v) is 12.2. The third-order valence-electron chi connectivity index (χ3n) is 7.28. The van der Waals surface area contributed by atoms with Gasteiger partial charge in [-0.05, 0) is 48.1 Å². The van der Waals surface area contributed by atoms with Gasteiger partial charge in [-0.25, -0.2) is 8.42 Å². The van der Waals surface area contributed by atoms with Crippen LogP contribution in [0.15, 0.2) is 77.7 Å². The summed E-state index contributed by atoms with van der Waals surface area (Å²) < 4.78 is 36.3. The number of benzene rings is 3. The van der Waals surface area contributed by atoms with Crippen LogP contribution in [0.5, 0.6) is 5.75 Å². The molecule has 1 amide bonds. The summed E-state index contributed by atoms with van der Waals surface area (Å²) in [5.74, 6) is -0.928. The van der Waals surface area contributed by atoms with Gasteiger partial charge in [0.15, 0.2) is 9.84 Å². The monoisotopic (exact) mass is 613 g/mol. The molecule has 3 aromatic rings. The molecule has 9 nitrogen and oxygen atoms in total. The maximum Gasteiger partial charge on any atom is 0.306 e. The molecule has 11 heteroatoms. The summed E-state index contributed by atoms with van der Waals surface area (Å²) >= 11 is 0. The second-order valence-electron chi connectivity index (χ2n) is 10.2. The highest BCUT2D eigenvalue weighted by Crippen LogP contribution is 2.33. The predicted octanol–water partition coefficient (Wildman–Crippen LogP) is 4.25. The summed E-state index contributed by atoms with van der Waals surface area (Å²) in [5.41, 5.74) is 8.72. The number of carbonyl (C=O) groups excluding carboxylic acids is 2. The third-order valence-corrected chi connectivity index (χ3v) is 8.40. The van der Waals surface area contributed by atoms with Crippen molar-refractivity contribution in [1.29, 1.82) is 5.41 Å². The molecule has 3 N–H and O–H groups in total. The molecule has 0 unspecified atom stereocenters. The molecule has 0 aliphatic carbocycles. The van der Waals surface area contributed by atoms with Crippen LogP contribution in [0, 0.1) is 11.3 Å². The summed E-state index contributed by atoms with van der Waals surface area (Å²) in [7, 11) is -2.35. The maximum atomic E-state index is 13.3. The van der Waals surface area contributed by atoms with Crippen LogP contribution in [0.4, 0.5) is 0 Å². The van der Waals surface area contributed by atoms with Crippen molar-refractivity contribution in [2.75, 3.05) is 26.5 Å². The molecule has 3 aromatic carbocycles. The Balaban J connectivity index is 0.00000484. The first-order valence-electron chi connectivity index (χ1n) is 13.4. The van der Waals surface area contributed by atoms with Crippen molar-refractivity contribution >= 4 is 40.0 Å². The minimum Gasteiger partial charge on any atom is -0.490 e. The number of halogens is 1. The first-order valence-corrected chi connectivity index (χ1v) is 15.3. The molecule has 1 fully saturated rings. The number of methoxy groups -OCH3 is 1. The number of nitrogen functional groups attached to an aromatic ring is 1. The van der Waals surface area contributed by atoms with Gasteiger partial charge in [-0.15, -0.1) is 12.4 Å². The second kappa shape index (κ2) is 14.3. The van der Waals surface area contributed by atoms with Crippen LogP contribution in [-0.4, -0.2) is 63.6 Å². The van der Waals surface area contributed by atoms with Gasteiger partial charge >= 0.3 is 5.97 Å². The predicted molar refractivity (Wildman–Crippen MR) is 164 cm³/mol. The van der Waals surface area contributed by atoms with Gasteiger partial charge in [-0.2, -0.15) is 0 Å². The Labute approximate surface area is 252 Å². The third kappa shape index (κ3) is 8.10. The van der Waals surface area contributed by atoms with Crippen molar-refractivity contribution in [1.82, 2.24) is 4.90 Å². The van der Waals surface area contributed by atoms with Gasteiger partial charge in [-0.1, -0.05) is 60.7 Å². The topological polar surface area (TPSA) is 140 Å². The summed E-state index contributed by atoms with van der Waals surface area (Å²) in [4.78, 5) is 27.0. The number of nitrogens with one attached hydrogen (secondary N) is 1. The minimum absolute atomic E-state index is 0. The zero-order chi connectivity index (χ0) is 29.6. The molecule has 1 aliphatic heterocycles. The highest BCUT2D eigenvalue weighted by molar-refractivity contribution is 7.90. The number of ether oxygens (including phenoxy) is 2. The van der Waals surface area contributed by atoms with E-state index in [1.807, 2.05) is 30.3 Å². The number of nitrogens with zero attached hydrogens (tertiary/aromatic N) is 1. The van der Waals surface area contributed by atoms with Crippen LogP contribution in [0.2, 0.25) is 0 Å². The van der Waals surface area contributed by atoms with E-state index in [0.29, 0.717) is 24.1 Å². The van der Waals surface area contributed by atoms with E-state index in [2.05, 4.69) is 0 Å². The molecule has 0 radical (unpaired) electrons. The lowest BCUT2D eigenvalue weighted by Crippen LogP contribution is -2.38. The summed E-state index contributed by atoms with van der Waals surface area (Å²) in [6.07, 6.45) is 3.07. The largest absolute Gasteiger partial charge is 0.490 e. The molecule has 1 saturated heterocycles. The van der Waals surface area contributed by atoms with Gasteiger partial charge in [0.05, 0.1) is 25.5 Å². The number of amidine groups is 1. The quantitative estimate of drug-likeness (QED) is 0.177. The minimum atomic E-state index is -3.65. The fraction of sp³-hybridized carbons (Fsp3) is 0.323. The number of esters is 1. The van der Waals surface area contributed by atoms with Gasteiger partial charge in [-0.3, -0.25) is 15.0 Å². The van der Waals surface area contributed by atoms with Crippen LogP contribution in [0.1, 0.15) is 30.4 Å². The van der Waals surface area contributed by atoms with Gasteiger partial charge in [0.1, 0.15) is 23.1 Å². The van der Waals surface area contributed by atoms with E-state index in [4.69, 9.17) is 20.6 Å². The number of carbonyl (C=O) groups is 2. The Hall–Kier alpha value is -3.89. The van der Waals surface area contributed by atoms with Crippen molar-refractivity contribution in [3.63, 3.8) is 0 Å². The van der Waals surface area contributed by atoms with Crippen LogP contribution >= 0.6 is 12.4 Å². The smallest absolute Gasteiger partial charge is 0.306 e. The van der Waals surface area contributed by atoms with Crippen molar-refractivity contribution < 1.29 is 27.5 Å². The lowest BCUT2D eigenvalue weighted by molar-refractivity contribution is -0.144. The van der Waals surface area contributed by atoms with E-state index >= 15 is 0 Å². The number of rotatable bonds is 12. The molecular formula is C31H36ClN3O6S. The molecule has 1 aliphatic rings. The molecule has 0 bridgehead atoms. The Bertz CT molecular complexity index is 1510. The zero-order valence-electron chi connectivity index (χ0n) is 23.6. The summed E-state index contributed by atoms with van der Waals surface area (Å²) in [6, 6.07) is 21.6. The number of nitrogens with two attached hydrogens (primary N) is 1. The van der Waals surface area contributed by atoms with Crippen molar-refractivity contribution in [3.05, 3.63) is 83.9 Å². The van der Waals surface area contributed by atoms with Crippen LogP contribution in [0.25, 0.3) is 11.1 Å². The number of hydrogen-bond acceptors (Lipinski definition) is 7. The Morgan fingerprint density at radius 1 is 1.05 bits per heavy atom. The number of amides is 1. The molecule has 2 atom stereocenters. The van der Waals surface area contributed by atoms with Gasteiger partial charge in [0.25, 0.3) is 0 Å². The molecule has 224 valence electrons. The lowest BCUT2D eigenvalue weighted by Gasteiger charge is -2.25. The summed E-state index contributed by atoms with van der Waals surface area (Å²) in [5, 5.41) is 7.57. The molecule has 0 saturated carbocycles. The number of sulfone groups is 1. The fourth-order valence-corrected chi connectivity index (χ4v) is 5.93. The van der Waals surface area contributed by atoms with Gasteiger partial charge < -0.3 is 20.1 Å². The number of hydrogen-bond donors (Lipinski definition) is 2. The fourth-order valence-electron chi connectivity index (χ4n) is 5.10. The Kier molecular flexibility index (Phi) is 11.1. The van der Waals surface area contributed by atoms with Gasteiger partial charge in [0, 0.05) is 18.4 Å².